The maximum atomic E-state index is 13.3. The molecule has 1 unspecified atom stereocenters. The number of nitrogens with two attached hydrogens (primary N) is 1. The summed E-state index contributed by atoms with van der Waals surface area (Å²) in [4.78, 5) is 25.7. The number of pyridine rings is 1. The number of nitrogen functional groups attached to an aromatic ring is 1. The van der Waals surface area contributed by atoms with Gasteiger partial charge in [-0.15, -0.1) is 0 Å². The Morgan fingerprint density at radius 2 is 2.13 bits per heavy atom. The first-order chi connectivity index (χ1) is 14.9. The smallest absolute Gasteiger partial charge is 0.293 e. The maximum Gasteiger partial charge on any atom is 0.293 e. The number of anilines is 2. The van der Waals surface area contributed by atoms with E-state index >= 15 is 0 Å². The highest BCUT2D eigenvalue weighted by atomic mass is 35.5. The van der Waals surface area contributed by atoms with E-state index in [4.69, 9.17) is 38.1 Å². The SMILES string of the molecule is Cc1ncc(N2CCOC(C(=O)N3CCc4cc(Cl)cc(Cl)c4C3)C2)c2oc(N)nc12. The number of ether oxygens (including phenoxy) is 1. The first-order valence-electron chi connectivity index (χ1n) is 10.0. The van der Waals surface area contributed by atoms with Crippen LogP contribution >= 0.6 is 23.2 Å². The fraction of sp³-hybridized carbons (Fsp3) is 0.381. The highest BCUT2D eigenvalue weighted by Gasteiger charge is 2.33. The maximum absolute atomic E-state index is 13.3. The molecule has 1 aromatic carbocycles. The van der Waals surface area contributed by atoms with E-state index in [-0.39, 0.29) is 11.9 Å². The van der Waals surface area contributed by atoms with Crippen molar-refractivity contribution >= 4 is 51.9 Å². The van der Waals surface area contributed by atoms with Crippen molar-refractivity contribution in [1.29, 1.82) is 0 Å². The Hall–Kier alpha value is -2.55. The van der Waals surface area contributed by atoms with Gasteiger partial charge in [0.25, 0.3) is 11.9 Å². The van der Waals surface area contributed by atoms with E-state index < -0.39 is 6.10 Å². The summed E-state index contributed by atoms with van der Waals surface area (Å²) in [5.74, 6) is -0.0604. The zero-order valence-electron chi connectivity index (χ0n) is 16.9. The van der Waals surface area contributed by atoms with E-state index in [1.807, 2.05) is 17.9 Å². The van der Waals surface area contributed by atoms with Gasteiger partial charge >= 0.3 is 0 Å². The van der Waals surface area contributed by atoms with E-state index in [9.17, 15) is 4.79 Å². The number of hydrogen-bond donors (Lipinski definition) is 1. The normalized spacial score (nSPS) is 19.0. The number of carbonyl (C=O) groups is 1. The molecule has 8 nitrogen and oxygen atoms in total. The first kappa shape index (κ1) is 20.4. The minimum Gasteiger partial charge on any atom is -0.421 e. The van der Waals surface area contributed by atoms with Crippen LogP contribution in [0.4, 0.5) is 11.7 Å². The summed E-state index contributed by atoms with van der Waals surface area (Å²) in [6, 6.07) is 3.73. The molecule has 4 heterocycles. The first-order valence-corrected chi connectivity index (χ1v) is 10.8. The number of hydrogen-bond acceptors (Lipinski definition) is 7. The average molecular weight is 462 g/mol. The number of aryl methyl sites for hydroxylation is 1. The van der Waals surface area contributed by atoms with Gasteiger partial charge in [0.1, 0.15) is 11.2 Å². The Kier molecular flexibility index (Phi) is 5.16. The van der Waals surface area contributed by atoms with E-state index in [0.29, 0.717) is 60.4 Å². The zero-order valence-corrected chi connectivity index (χ0v) is 18.4. The van der Waals surface area contributed by atoms with Crippen molar-refractivity contribution in [1.82, 2.24) is 14.9 Å². The molecule has 0 aliphatic carbocycles. The number of carbonyl (C=O) groups excluding carboxylic acids is 1. The quantitative estimate of drug-likeness (QED) is 0.625. The van der Waals surface area contributed by atoms with Crippen molar-refractivity contribution in [3.8, 4) is 0 Å². The van der Waals surface area contributed by atoms with Crippen LogP contribution in [0.3, 0.4) is 0 Å². The van der Waals surface area contributed by atoms with Crippen LogP contribution in [0, 0.1) is 6.92 Å². The van der Waals surface area contributed by atoms with Crippen LogP contribution in [0.5, 0.6) is 0 Å². The number of aromatic nitrogens is 2. The number of oxazole rings is 1. The fourth-order valence-corrected chi connectivity index (χ4v) is 4.85. The molecule has 1 atom stereocenters. The molecular weight excluding hydrogens is 441 g/mol. The van der Waals surface area contributed by atoms with Crippen LogP contribution in [0.2, 0.25) is 10.0 Å². The van der Waals surface area contributed by atoms with Crippen molar-refractivity contribution in [2.75, 3.05) is 36.9 Å². The molecule has 2 N–H and O–H groups in total. The van der Waals surface area contributed by atoms with Crippen LogP contribution in [-0.4, -0.2) is 53.1 Å². The molecule has 0 bridgehead atoms. The molecule has 0 saturated carbocycles. The third-order valence-corrected chi connectivity index (χ3v) is 6.40. The summed E-state index contributed by atoms with van der Waals surface area (Å²) in [7, 11) is 0. The van der Waals surface area contributed by atoms with Crippen LogP contribution in [0.1, 0.15) is 16.8 Å². The topological polar surface area (TPSA) is 97.7 Å². The Bertz CT molecular complexity index is 1180. The molecule has 3 aromatic rings. The zero-order chi connectivity index (χ0) is 21.7. The lowest BCUT2D eigenvalue weighted by atomic mass is 9.99. The van der Waals surface area contributed by atoms with Gasteiger partial charge in [0, 0.05) is 29.7 Å². The van der Waals surface area contributed by atoms with E-state index in [0.717, 1.165) is 22.5 Å². The van der Waals surface area contributed by atoms with E-state index in [1.54, 1.807) is 17.2 Å². The average Bonchev–Trinajstić information content (AvgIpc) is 3.15. The molecule has 0 radical (unpaired) electrons. The molecule has 162 valence electrons. The predicted molar refractivity (Wildman–Crippen MR) is 118 cm³/mol. The summed E-state index contributed by atoms with van der Waals surface area (Å²) in [6.45, 7) is 4.30. The van der Waals surface area contributed by atoms with E-state index in [1.165, 1.54) is 0 Å². The molecule has 1 saturated heterocycles. The second-order valence-corrected chi connectivity index (χ2v) is 8.64. The molecule has 2 aliphatic heterocycles. The molecule has 2 aromatic heterocycles. The van der Waals surface area contributed by atoms with Gasteiger partial charge in [-0.3, -0.25) is 9.78 Å². The van der Waals surface area contributed by atoms with Crippen molar-refractivity contribution in [2.24, 2.45) is 0 Å². The molecular formula is C21H21Cl2N5O3. The largest absolute Gasteiger partial charge is 0.421 e. The van der Waals surface area contributed by atoms with Gasteiger partial charge in [0.2, 0.25) is 0 Å². The lowest BCUT2D eigenvalue weighted by Gasteiger charge is -2.37. The van der Waals surface area contributed by atoms with Gasteiger partial charge in [-0.25, -0.2) is 0 Å². The molecule has 10 heteroatoms. The lowest BCUT2D eigenvalue weighted by Crippen LogP contribution is -2.52. The van der Waals surface area contributed by atoms with Crippen molar-refractivity contribution in [3.05, 3.63) is 45.2 Å². The molecule has 31 heavy (non-hydrogen) atoms. The van der Waals surface area contributed by atoms with E-state index in [2.05, 4.69) is 9.97 Å². The Morgan fingerprint density at radius 3 is 2.97 bits per heavy atom. The number of morpholine rings is 1. The molecule has 1 fully saturated rings. The van der Waals surface area contributed by atoms with Crippen LogP contribution in [-0.2, 0) is 22.5 Å². The monoisotopic (exact) mass is 461 g/mol. The number of halogens is 2. The lowest BCUT2D eigenvalue weighted by molar-refractivity contribution is -0.145. The highest BCUT2D eigenvalue weighted by Crippen LogP contribution is 2.32. The van der Waals surface area contributed by atoms with Crippen LogP contribution < -0.4 is 10.6 Å². The summed E-state index contributed by atoms with van der Waals surface area (Å²) >= 11 is 12.5. The molecule has 0 spiro atoms. The summed E-state index contributed by atoms with van der Waals surface area (Å²) in [5, 5.41) is 1.20. The predicted octanol–water partition coefficient (Wildman–Crippen LogP) is 3.21. The Balaban J connectivity index is 1.36. The fourth-order valence-electron chi connectivity index (χ4n) is 4.25. The molecule has 1 amide bonds. The molecule has 2 aliphatic rings. The third kappa shape index (κ3) is 3.69. The van der Waals surface area contributed by atoms with Crippen molar-refractivity contribution < 1.29 is 13.9 Å². The number of amides is 1. The highest BCUT2D eigenvalue weighted by molar-refractivity contribution is 6.35. The van der Waals surface area contributed by atoms with Crippen molar-refractivity contribution in [2.45, 2.75) is 26.0 Å². The molecule has 5 rings (SSSR count). The standard InChI is InChI=1S/C21H21Cl2N5O3/c1-11-18-19(31-21(24)26-18)16(8-25-11)27-4-5-30-17(10-27)20(29)28-3-2-12-6-13(22)7-15(23)14(12)9-28/h6-8,17H,2-5,9-10H2,1H3,(H2,24,26). The number of nitrogens with zero attached hydrogens (tertiary/aromatic N) is 4. The van der Waals surface area contributed by atoms with Gasteiger partial charge in [-0.2, -0.15) is 4.98 Å². The summed E-state index contributed by atoms with van der Waals surface area (Å²) in [5.41, 5.74) is 10.5. The Morgan fingerprint density at radius 1 is 1.29 bits per heavy atom. The van der Waals surface area contributed by atoms with Gasteiger partial charge in [-0.05, 0) is 36.6 Å². The van der Waals surface area contributed by atoms with Crippen molar-refractivity contribution in [3.63, 3.8) is 0 Å². The number of benzene rings is 1. The van der Waals surface area contributed by atoms with Gasteiger partial charge < -0.3 is 24.7 Å². The second kappa shape index (κ2) is 7.85. The Labute approximate surface area is 188 Å². The third-order valence-electron chi connectivity index (χ3n) is 5.85. The minimum absolute atomic E-state index is 0.0604. The van der Waals surface area contributed by atoms with Gasteiger partial charge in [0.15, 0.2) is 11.7 Å². The second-order valence-electron chi connectivity index (χ2n) is 7.80. The van der Waals surface area contributed by atoms with Gasteiger partial charge in [-0.1, -0.05) is 23.2 Å². The van der Waals surface area contributed by atoms with Crippen LogP contribution in [0.25, 0.3) is 11.1 Å². The van der Waals surface area contributed by atoms with Crippen LogP contribution in [0.15, 0.2) is 22.7 Å². The summed E-state index contributed by atoms with van der Waals surface area (Å²) < 4.78 is 11.5. The number of fused-ring (bicyclic) bond motifs is 2. The summed E-state index contributed by atoms with van der Waals surface area (Å²) in [6.07, 6.45) is 1.84. The van der Waals surface area contributed by atoms with Gasteiger partial charge in [0.05, 0.1) is 25.0 Å². The number of rotatable bonds is 2. The minimum atomic E-state index is -0.599.